The van der Waals surface area contributed by atoms with Gasteiger partial charge in [-0.15, -0.1) is 10.6 Å². The Labute approximate surface area is 136 Å². The van der Waals surface area contributed by atoms with E-state index in [1.165, 1.54) is 5.41 Å². The van der Waals surface area contributed by atoms with Crippen LogP contribution in [0.15, 0.2) is 51.2 Å². The van der Waals surface area contributed by atoms with Gasteiger partial charge in [0, 0.05) is 21.0 Å². The number of hydrogen-bond donors (Lipinski definition) is 4. The Bertz CT molecular complexity index is 883. The molecule has 4 rings (SSSR count). The predicted molar refractivity (Wildman–Crippen MR) is 92.4 cm³/mol. The molecule has 0 unspecified atom stereocenters. The van der Waals surface area contributed by atoms with Crippen LogP contribution in [0.5, 0.6) is 5.75 Å². The molecule has 0 saturated carbocycles. The summed E-state index contributed by atoms with van der Waals surface area (Å²) in [6.07, 6.45) is 1.68. The van der Waals surface area contributed by atoms with Gasteiger partial charge in [0.15, 0.2) is 0 Å². The van der Waals surface area contributed by atoms with Crippen molar-refractivity contribution in [1.82, 2.24) is 4.98 Å². The number of pyridine rings is 1. The zero-order valence-corrected chi connectivity index (χ0v) is 13.6. The summed E-state index contributed by atoms with van der Waals surface area (Å²) in [6, 6.07) is 10.9. The van der Waals surface area contributed by atoms with Crippen molar-refractivity contribution < 1.29 is 14.2 Å². The average molecular weight is 378 g/mol. The fourth-order valence-electron chi connectivity index (χ4n) is 2.84. The van der Waals surface area contributed by atoms with Crippen LogP contribution in [-0.4, -0.2) is 19.2 Å². The zero-order chi connectivity index (χ0) is 15.5. The van der Waals surface area contributed by atoms with E-state index in [9.17, 15) is 14.2 Å². The maximum atomic E-state index is 10.4. The number of nitrogens with one attached hydrogen (secondary N) is 1. The van der Waals surface area contributed by atoms with Crippen LogP contribution >= 0.6 is 26.5 Å². The fraction of sp³-hybridized carbons (Fsp3) is 0. The van der Waals surface area contributed by atoms with E-state index >= 15 is 0 Å². The summed E-state index contributed by atoms with van der Waals surface area (Å²) in [5.41, 5.74) is 3.50. The van der Waals surface area contributed by atoms with Gasteiger partial charge >= 0.3 is 0 Å². The quantitative estimate of drug-likeness (QED) is 0.461. The zero-order valence-electron chi connectivity index (χ0n) is 11.2. The summed E-state index contributed by atoms with van der Waals surface area (Å²) in [5.74, 6) is 0.120. The molecule has 4 N–H and O–H groups in total. The highest BCUT2D eigenvalue weighted by molar-refractivity contribution is 9.10. The summed E-state index contributed by atoms with van der Waals surface area (Å²) >= 11 is 3.40. The van der Waals surface area contributed by atoms with Crippen LogP contribution in [0.2, 0.25) is 0 Å². The summed E-state index contributed by atoms with van der Waals surface area (Å²) in [7, 11) is -3.02. The Morgan fingerprint density at radius 3 is 2.41 bits per heavy atom. The largest absolute Gasteiger partial charge is 0.507 e. The van der Waals surface area contributed by atoms with Gasteiger partial charge in [0.1, 0.15) is 5.75 Å². The Balaban J connectivity index is 2.13. The monoisotopic (exact) mass is 377 g/mol. The normalized spacial score (nSPS) is 16.9. The van der Waals surface area contributed by atoms with Crippen LogP contribution in [0, 0.1) is 0 Å². The molecule has 112 valence electrons. The van der Waals surface area contributed by atoms with E-state index in [2.05, 4.69) is 20.9 Å². The van der Waals surface area contributed by atoms with Gasteiger partial charge in [0.05, 0.1) is 16.3 Å². The number of aromatic nitrogens is 1. The second kappa shape index (κ2) is 4.63. The standard InChI is InChI=1S/C16H12BrNO3S/c17-10-3-1-9(2-4-10)14-15-11(5-6-13(15)19)18-12-7-8-22(20,21)16(12)14/h1-8,18-21H. The number of H-pyrrole nitrogens is 1. The maximum Gasteiger partial charge on any atom is 0.125 e. The van der Waals surface area contributed by atoms with Gasteiger partial charge in [-0.05, 0) is 35.9 Å². The highest BCUT2D eigenvalue weighted by atomic mass is 79.9. The minimum absolute atomic E-state index is 0.120. The van der Waals surface area contributed by atoms with Crippen LogP contribution < -0.4 is 0 Å². The molecule has 6 heteroatoms. The van der Waals surface area contributed by atoms with Crippen molar-refractivity contribution in [2.75, 3.05) is 0 Å². The number of rotatable bonds is 1. The molecule has 2 heterocycles. The van der Waals surface area contributed by atoms with Gasteiger partial charge in [-0.25, -0.2) is 0 Å². The molecule has 0 fully saturated rings. The molecule has 0 saturated heterocycles. The van der Waals surface area contributed by atoms with Crippen LogP contribution in [0.1, 0.15) is 5.69 Å². The van der Waals surface area contributed by atoms with Gasteiger partial charge in [-0.2, -0.15) is 0 Å². The third-order valence-corrected chi connectivity index (χ3v) is 5.85. The van der Waals surface area contributed by atoms with Crippen molar-refractivity contribution in [3.8, 4) is 28.1 Å². The molecule has 0 amide bonds. The van der Waals surface area contributed by atoms with E-state index in [1.807, 2.05) is 24.3 Å². The Morgan fingerprint density at radius 2 is 1.68 bits per heavy atom. The maximum absolute atomic E-state index is 10.4. The minimum Gasteiger partial charge on any atom is -0.507 e. The topological polar surface area (TPSA) is 76.5 Å². The summed E-state index contributed by atoms with van der Waals surface area (Å²) < 4.78 is 21.7. The highest BCUT2D eigenvalue weighted by Crippen LogP contribution is 2.62. The second-order valence-electron chi connectivity index (χ2n) is 5.15. The minimum atomic E-state index is -3.02. The van der Waals surface area contributed by atoms with E-state index < -0.39 is 10.6 Å². The summed E-state index contributed by atoms with van der Waals surface area (Å²) in [4.78, 5) is 3.58. The first-order valence-corrected chi connectivity index (χ1v) is 8.97. The molecule has 22 heavy (non-hydrogen) atoms. The van der Waals surface area contributed by atoms with Crippen molar-refractivity contribution in [3.63, 3.8) is 0 Å². The number of aromatic amines is 1. The van der Waals surface area contributed by atoms with E-state index in [1.54, 1.807) is 18.2 Å². The van der Waals surface area contributed by atoms with E-state index in [0.717, 1.165) is 15.7 Å². The first-order chi connectivity index (χ1) is 10.5. The third-order valence-electron chi connectivity index (χ3n) is 3.78. The average Bonchev–Trinajstić information content (AvgIpc) is 3.00. The van der Waals surface area contributed by atoms with Crippen molar-refractivity contribution in [2.45, 2.75) is 4.90 Å². The van der Waals surface area contributed by atoms with Crippen molar-refractivity contribution in [3.05, 3.63) is 52.0 Å². The molecule has 0 atom stereocenters. The number of hydrogen-bond acceptors (Lipinski definition) is 3. The smallest absolute Gasteiger partial charge is 0.125 e. The lowest BCUT2D eigenvalue weighted by Gasteiger charge is -2.29. The Morgan fingerprint density at radius 1 is 0.955 bits per heavy atom. The Hall–Kier alpha value is -1.73. The molecule has 0 radical (unpaired) electrons. The fourth-order valence-corrected chi connectivity index (χ4v) is 4.53. The molecule has 1 aromatic rings. The van der Waals surface area contributed by atoms with Gasteiger partial charge in [-0.3, -0.25) is 9.11 Å². The van der Waals surface area contributed by atoms with Crippen molar-refractivity contribution in [2.24, 2.45) is 0 Å². The predicted octanol–water partition coefficient (Wildman–Crippen LogP) is 5.35. The highest BCUT2D eigenvalue weighted by Gasteiger charge is 2.31. The molecule has 1 aliphatic carbocycles. The van der Waals surface area contributed by atoms with Crippen LogP contribution in [0.4, 0.5) is 0 Å². The number of aromatic hydroxyl groups is 1. The number of benzene rings is 1. The van der Waals surface area contributed by atoms with Crippen LogP contribution in [0.25, 0.3) is 28.5 Å². The van der Waals surface area contributed by atoms with E-state index in [-0.39, 0.29) is 5.75 Å². The summed E-state index contributed by atoms with van der Waals surface area (Å²) in [6.45, 7) is 0. The SMILES string of the molecule is Oc1ccc2[nH]c3c(c(-c4ccc(Br)cc4)c1-2)S(O)(O)C=C3. The Kier molecular flexibility index (Phi) is 2.93. The molecular weight excluding hydrogens is 366 g/mol. The molecule has 1 aromatic carbocycles. The lowest BCUT2D eigenvalue weighted by Crippen LogP contribution is -2.00. The van der Waals surface area contributed by atoms with Gasteiger partial charge in [0.25, 0.3) is 0 Å². The van der Waals surface area contributed by atoms with Crippen molar-refractivity contribution >= 4 is 32.6 Å². The van der Waals surface area contributed by atoms with Gasteiger partial charge in [-0.1, -0.05) is 28.1 Å². The number of fused-ring (bicyclic) bond motifs is 2. The molecular formula is C16H12BrNO3S. The lowest BCUT2D eigenvalue weighted by molar-refractivity contribution is 0.479. The van der Waals surface area contributed by atoms with Crippen LogP contribution in [-0.2, 0) is 0 Å². The first kappa shape index (κ1) is 13.9. The van der Waals surface area contributed by atoms with E-state index in [4.69, 9.17) is 0 Å². The van der Waals surface area contributed by atoms with Gasteiger partial charge in [0.2, 0.25) is 0 Å². The first-order valence-electron chi connectivity index (χ1n) is 6.57. The van der Waals surface area contributed by atoms with Gasteiger partial charge < -0.3 is 10.1 Å². The number of halogens is 1. The summed E-state index contributed by atoms with van der Waals surface area (Å²) in [5, 5.41) is 11.6. The molecule has 3 aliphatic rings. The molecule has 2 aliphatic heterocycles. The van der Waals surface area contributed by atoms with E-state index in [0.29, 0.717) is 21.7 Å². The second-order valence-corrected chi connectivity index (χ2v) is 7.93. The van der Waals surface area contributed by atoms with Crippen LogP contribution in [0.3, 0.4) is 0 Å². The van der Waals surface area contributed by atoms with Crippen molar-refractivity contribution in [1.29, 1.82) is 0 Å². The molecule has 0 aromatic heterocycles. The molecule has 0 spiro atoms. The molecule has 0 bridgehead atoms. The lowest BCUT2D eigenvalue weighted by atomic mass is 9.98. The third kappa shape index (κ3) is 1.92. The molecule has 4 nitrogen and oxygen atoms in total.